The van der Waals surface area contributed by atoms with Crippen molar-refractivity contribution in [2.45, 2.75) is 45.1 Å². The Labute approximate surface area is 168 Å². The lowest BCUT2D eigenvalue weighted by Crippen LogP contribution is -2.26. The fourth-order valence-corrected chi connectivity index (χ4v) is 3.31. The highest BCUT2D eigenvalue weighted by atomic mass is 16.5. The molecule has 28 heavy (non-hydrogen) atoms. The molecule has 0 aliphatic heterocycles. The van der Waals surface area contributed by atoms with Crippen molar-refractivity contribution < 1.29 is 9.53 Å². The highest BCUT2D eigenvalue weighted by molar-refractivity contribution is 5.76. The smallest absolute Gasteiger partial charge is 0.221 e. The molecule has 2 N–H and O–H groups in total. The minimum absolute atomic E-state index is 0.103. The molecule has 0 unspecified atom stereocenters. The van der Waals surface area contributed by atoms with Crippen LogP contribution in [0, 0.1) is 0 Å². The number of carbonyl (C=O) groups is 1. The third-order valence-corrected chi connectivity index (χ3v) is 4.94. The van der Waals surface area contributed by atoms with Crippen molar-refractivity contribution in [1.82, 2.24) is 5.32 Å². The van der Waals surface area contributed by atoms with Gasteiger partial charge in [0.1, 0.15) is 12.4 Å². The zero-order chi connectivity index (χ0) is 19.4. The van der Waals surface area contributed by atoms with E-state index in [0.29, 0.717) is 19.6 Å². The van der Waals surface area contributed by atoms with E-state index in [9.17, 15) is 4.79 Å². The van der Waals surface area contributed by atoms with Gasteiger partial charge >= 0.3 is 0 Å². The molecule has 1 aliphatic carbocycles. The minimum Gasteiger partial charge on any atom is -0.489 e. The third kappa shape index (κ3) is 7.10. The average molecular weight is 379 g/mol. The number of allylic oxidation sites excluding steroid dienone is 1. The number of ether oxygens (including phenoxy) is 1. The molecule has 2 aromatic carbocycles. The van der Waals surface area contributed by atoms with Crippen molar-refractivity contribution in [2.75, 3.05) is 18.4 Å². The van der Waals surface area contributed by atoms with E-state index in [1.54, 1.807) is 0 Å². The van der Waals surface area contributed by atoms with Gasteiger partial charge in [0.15, 0.2) is 0 Å². The van der Waals surface area contributed by atoms with Crippen LogP contribution in [0.1, 0.15) is 44.1 Å². The monoisotopic (exact) mass is 378 g/mol. The summed E-state index contributed by atoms with van der Waals surface area (Å²) in [6, 6.07) is 18.0. The van der Waals surface area contributed by atoms with Crippen molar-refractivity contribution in [1.29, 1.82) is 0 Å². The third-order valence-electron chi connectivity index (χ3n) is 4.94. The first-order valence-corrected chi connectivity index (χ1v) is 10.2. The highest BCUT2D eigenvalue weighted by Gasteiger charge is 2.05. The summed E-state index contributed by atoms with van der Waals surface area (Å²) < 4.78 is 5.79. The van der Waals surface area contributed by atoms with Gasteiger partial charge in [-0.3, -0.25) is 4.79 Å². The molecular formula is C24H30N2O2. The molecule has 0 saturated heterocycles. The van der Waals surface area contributed by atoms with E-state index in [-0.39, 0.29) is 5.91 Å². The zero-order valence-electron chi connectivity index (χ0n) is 16.5. The number of amides is 1. The van der Waals surface area contributed by atoms with Crippen LogP contribution < -0.4 is 15.4 Å². The summed E-state index contributed by atoms with van der Waals surface area (Å²) in [5.41, 5.74) is 3.64. The second-order valence-electron chi connectivity index (χ2n) is 7.18. The molecule has 4 heteroatoms. The summed E-state index contributed by atoms with van der Waals surface area (Å²) in [4.78, 5) is 12.0. The number of rotatable bonds is 10. The minimum atomic E-state index is 0.103. The van der Waals surface area contributed by atoms with Gasteiger partial charge in [-0.05, 0) is 61.9 Å². The van der Waals surface area contributed by atoms with Gasteiger partial charge in [0, 0.05) is 25.2 Å². The maximum absolute atomic E-state index is 12.0. The predicted octanol–water partition coefficient (Wildman–Crippen LogP) is 5.07. The molecule has 0 fully saturated rings. The first-order chi connectivity index (χ1) is 13.8. The van der Waals surface area contributed by atoms with Gasteiger partial charge in [0.05, 0.1) is 0 Å². The second-order valence-corrected chi connectivity index (χ2v) is 7.18. The molecule has 4 nitrogen and oxygen atoms in total. The molecule has 1 amide bonds. The van der Waals surface area contributed by atoms with Gasteiger partial charge in [0.2, 0.25) is 5.91 Å². The van der Waals surface area contributed by atoms with E-state index < -0.39 is 0 Å². The molecular weight excluding hydrogens is 348 g/mol. The lowest BCUT2D eigenvalue weighted by molar-refractivity contribution is -0.120. The maximum Gasteiger partial charge on any atom is 0.221 e. The Hall–Kier alpha value is -2.75. The molecule has 3 rings (SSSR count). The molecule has 0 bridgehead atoms. The van der Waals surface area contributed by atoms with Gasteiger partial charge in [0.25, 0.3) is 0 Å². The predicted molar refractivity (Wildman–Crippen MR) is 115 cm³/mol. The Balaban J connectivity index is 1.30. The van der Waals surface area contributed by atoms with E-state index >= 15 is 0 Å². The Bertz CT molecular complexity index is 754. The molecule has 0 saturated carbocycles. The first kappa shape index (κ1) is 20.0. The fraction of sp³-hybridized carbons (Fsp3) is 0.375. The van der Waals surface area contributed by atoms with Crippen LogP contribution in [0.15, 0.2) is 66.2 Å². The van der Waals surface area contributed by atoms with Gasteiger partial charge in [-0.1, -0.05) is 42.0 Å². The number of nitrogens with one attached hydrogen (secondary N) is 2. The Morgan fingerprint density at radius 1 is 0.964 bits per heavy atom. The Morgan fingerprint density at radius 2 is 1.79 bits per heavy atom. The molecule has 2 aromatic rings. The van der Waals surface area contributed by atoms with Crippen molar-refractivity contribution in [3.63, 3.8) is 0 Å². The van der Waals surface area contributed by atoms with Crippen LogP contribution in [-0.4, -0.2) is 19.0 Å². The van der Waals surface area contributed by atoms with Crippen molar-refractivity contribution in [3.05, 3.63) is 71.8 Å². The molecule has 0 radical (unpaired) electrons. The fourth-order valence-electron chi connectivity index (χ4n) is 3.31. The molecule has 1 aliphatic rings. The summed E-state index contributed by atoms with van der Waals surface area (Å²) >= 11 is 0. The topological polar surface area (TPSA) is 50.4 Å². The van der Waals surface area contributed by atoms with E-state index in [1.807, 2.05) is 54.6 Å². The summed E-state index contributed by atoms with van der Waals surface area (Å²) in [7, 11) is 0. The molecule has 148 valence electrons. The largest absolute Gasteiger partial charge is 0.489 e. The first-order valence-electron chi connectivity index (χ1n) is 10.2. The highest BCUT2D eigenvalue weighted by Crippen LogP contribution is 2.19. The SMILES string of the molecule is O=C(CCNc1ccc(OCc2ccccc2)cc1)NCCC1=CCCCC1. The van der Waals surface area contributed by atoms with Gasteiger partial charge in [-0.25, -0.2) is 0 Å². The number of benzene rings is 2. The van der Waals surface area contributed by atoms with Crippen LogP contribution in [0.3, 0.4) is 0 Å². The second kappa shape index (κ2) is 11.2. The van der Waals surface area contributed by atoms with Crippen molar-refractivity contribution >= 4 is 11.6 Å². The maximum atomic E-state index is 12.0. The zero-order valence-corrected chi connectivity index (χ0v) is 16.5. The van der Waals surface area contributed by atoms with Gasteiger partial charge in [-0.15, -0.1) is 0 Å². The van der Waals surface area contributed by atoms with E-state index in [4.69, 9.17) is 4.74 Å². The quantitative estimate of drug-likeness (QED) is 0.567. The molecule has 0 heterocycles. The lowest BCUT2D eigenvalue weighted by atomic mass is 9.97. The molecule has 0 spiro atoms. The van der Waals surface area contributed by atoms with E-state index in [0.717, 1.165) is 30.0 Å². The van der Waals surface area contributed by atoms with Gasteiger partial charge < -0.3 is 15.4 Å². The van der Waals surface area contributed by atoms with Crippen LogP contribution in [-0.2, 0) is 11.4 Å². The Kier molecular flexibility index (Phi) is 7.98. The van der Waals surface area contributed by atoms with E-state index in [1.165, 1.54) is 31.3 Å². The number of hydrogen-bond acceptors (Lipinski definition) is 3. The normalized spacial score (nSPS) is 13.5. The summed E-state index contributed by atoms with van der Waals surface area (Å²) in [6.45, 7) is 1.93. The Morgan fingerprint density at radius 3 is 2.54 bits per heavy atom. The van der Waals surface area contributed by atoms with Gasteiger partial charge in [-0.2, -0.15) is 0 Å². The average Bonchev–Trinajstić information content (AvgIpc) is 2.75. The summed E-state index contributed by atoms with van der Waals surface area (Å²) in [6.07, 6.45) is 8.80. The van der Waals surface area contributed by atoms with Crippen LogP contribution in [0.25, 0.3) is 0 Å². The van der Waals surface area contributed by atoms with Crippen LogP contribution >= 0.6 is 0 Å². The number of hydrogen-bond donors (Lipinski definition) is 2. The lowest BCUT2D eigenvalue weighted by Gasteiger charge is -2.13. The number of anilines is 1. The van der Waals surface area contributed by atoms with Crippen molar-refractivity contribution in [3.8, 4) is 5.75 Å². The molecule has 0 atom stereocenters. The molecule has 0 aromatic heterocycles. The number of carbonyl (C=O) groups excluding carboxylic acids is 1. The van der Waals surface area contributed by atoms with Crippen LogP contribution in [0.5, 0.6) is 5.75 Å². The van der Waals surface area contributed by atoms with E-state index in [2.05, 4.69) is 16.7 Å². The standard InChI is InChI=1S/C24H30N2O2/c27-24(26-17-15-20-7-3-1-4-8-20)16-18-25-22-11-13-23(14-12-22)28-19-21-9-5-2-6-10-21/h2,5-7,9-14,25H,1,3-4,8,15-19H2,(H,26,27). The van der Waals surface area contributed by atoms with Crippen molar-refractivity contribution in [2.24, 2.45) is 0 Å². The van der Waals surface area contributed by atoms with Crippen LogP contribution in [0.2, 0.25) is 0 Å². The van der Waals surface area contributed by atoms with Crippen LogP contribution in [0.4, 0.5) is 5.69 Å². The summed E-state index contributed by atoms with van der Waals surface area (Å²) in [5, 5.41) is 6.31. The summed E-state index contributed by atoms with van der Waals surface area (Å²) in [5.74, 6) is 0.941.